The molecule has 0 bridgehead atoms. The number of carbonyl (C=O) groups is 1. The van der Waals surface area contributed by atoms with Crippen molar-refractivity contribution in [3.63, 3.8) is 0 Å². The average Bonchev–Trinajstić information content (AvgIpc) is 2.96. The zero-order valence-electron chi connectivity index (χ0n) is 13.6. The number of furan rings is 1. The summed E-state index contributed by atoms with van der Waals surface area (Å²) < 4.78 is 5.19. The van der Waals surface area contributed by atoms with Gasteiger partial charge in [-0.05, 0) is 47.7 Å². The Labute approximate surface area is 132 Å². The van der Waals surface area contributed by atoms with Crippen LogP contribution < -0.4 is 5.32 Å². The second-order valence-electron chi connectivity index (χ2n) is 6.53. The lowest BCUT2D eigenvalue weighted by molar-refractivity contribution is 0.0948. The average molecular weight is 297 g/mol. The Morgan fingerprint density at radius 3 is 2.32 bits per heavy atom. The minimum absolute atomic E-state index is 0.0968. The van der Waals surface area contributed by atoms with E-state index in [4.69, 9.17) is 4.42 Å². The number of hydrogen-bond acceptors (Lipinski definition) is 2. The summed E-state index contributed by atoms with van der Waals surface area (Å²) in [5.74, 6) is 0.648. The van der Waals surface area contributed by atoms with Gasteiger partial charge < -0.3 is 9.73 Å². The smallest absolute Gasteiger partial charge is 0.251 e. The van der Waals surface area contributed by atoms with Crippen molar-refractivity contribution in [3.05, 3.63) is 65.6 Å². The van der Waals surface area contributed by atoms with E-state index in [0.717, 1.165) is 11.3 Å². The molecule has 1 amide bonds. The van der Waals surface area contributed by atoms with Crippen LogP contribution in [0.25, 0.3) is 5.57 Å². The number of allylic oxidation sites excluding steroid dienone is 2. The SMILES string of the molecule is CC(=CC(C)(C)C)c1ccc(C(=O)NCc2ccco2)cc1. The fourth-order valence-corrected chi connectivity index (χ4v) is 2.30. The van der Waals surface area contributed by atoms with E-state index in [1.807, 2.05) is 30.3 Å². The first-order valence-corrected chi connectivity index (χ1v) is 7.46. The molecule has 3 heteroatoms. The van der Waals surface area contributed by atoms with Crippen molar-refractivity contribution in [2.45, 2.75) is 34.2 Å². The predicted molar refractivity (Wildman–Crippen MR) is 89.4 cm³/mol. The van der Waals surface area contributed by atoms with E-state index < -0.39 is 0 Å². The van der Waals surface area contributed by atoms with Gasteiger partial charge in [0, 0.05) is 5.56 Å². The third kappa shape index (κ3) is 4.62. The van der Waals surface area contributed by atoms with E-state index in [2.05, 4.69) is 39.1 Å². The van der Waals surface area contributed by atoms with E-state index >= 15 is 0 Å². The second-order valence-corrected chi connectivity index (χ2v) is 6.53. The molecule has 0 saturated carbocycles. The zero-order chi connectivity index (χ0) is 16.2. The van der Waals surface area contributed by atoms with Crippen molar-refractivity contribution in [1.29, 1.82) is 0 Å². The lowest BCUT2D eigenvalue weighted by atomic mass is 9.91. The molecule has 0 atom stereocenters. The molecule has 0 fully saturated rings. The van der Waals surface area contributed by atoms with Gasteiger partial charge in [0.05, 0.1) is 12.8 Å². The highest BCUT2D eigenvalue weighted by molar-refractivity contribution is 5.94. The molecule has 0 aliphatic carbocycles. The molecule has 2 rings (SSSR count). The summed E-state index contributed by atoms with van der Waals surface area (Å²) in [6.07, 6.45) is 3.83. The summed E-state index contributed by atoms with van der Waals surface area (Å²) in [5, 5.41) is 2.84. The Balaban J connectivity index is 2.02. The van der Waals surface area contributed by atoms with Gasteiger partial charge in [-0.15, -0.1) is 0 Å². The van der Waals surface area contributed by atoms with Crippen LogP contribution in [0, 0.1) is 5.41 Å². The summed E-state index contributed by atoms with van der Waals surface area (Å²) in [7, 11) is 0. The van der Waals surface area contributed by atoms with Crippen LogP contribution in [-0.4, -0.2) is 5.91 Å². The molecule has 1 heterocycles. The van der Waals surface area contributed by atoms with Gasteiger partial charge in [-0.2, -0.15) is 0 Å². The highest BCUT2D eigenvalue weighted by atomic mass is 16.3. The van der Waals surface area contributed by atoms with E-state index in [9.17, 15) is 4.79 Å². The molecular weight excluding hydrogens is 274 g/mol. The van der Waals surface area contributed by atoms with E-state index in [1.54, 1.807) is 12.3 Å². The van der Waals surface area contributed by atoms with Crippen molar-refractivity contribution in [3.8, 4) is 0 Å². The summed E-state index contributed by atoms with van der Waals surface area (Å²) >= 11 is 0. The summed E-state index contributed by atoms with van der Waals surface area (Å²) in [5.41, 5.74) is 3.15. The fraction of sp³-hybridized carbons (Fsp3) is 0.316. The van der Waals surface area contributed by atoms with Gasteiger partial charge in [-0.25, -0.2) is 0 Å². The maximum Gasteiger partial charge on any atom is 0.251 e. The van der Waals surface area contributed by atoms with Crippen LogP contribution in [-0.2, 0) is 6.54 Å². The van der Waals surface area contributed by atoms with Gasteiger partial charge in [0.2, 0.25) is 0 Å². The van der Waals surface area contributed by atoms with Crippen LogP contribution in [0.3, 0.4) is 0 Å². The van der Waals surface area contributed by atoms with Crippen LogP contribution in [0.15, 0.2) is 53.2 Å². The highest BCUT2D eigenvalue weighted by Gasteiger charge is 2.09. The van der Waals surface area contributed by atoms with Crippen molar-refractivity contribution in [2.24, 2.45) is 5.41 Å². The molecule has 1 aromatic heterocycles. The van der Waals surface area contributed by atoms with Crippen molar-refractivity contribution in [1.82, 2.24) is 5.32 Å². The number of carbonyl (C=O) groups excluding carboxylic acids is 1. The van der Waals surface area contributed by atoms with Gasteiger partial charge in [0.1, 0.15) is 5.76 Å². The first-order valence-electron chi connectivity index (χ1n) is 7.46. The van der Waals surface area contributed by atoms with Gasteiger partial charge in [-0.3, -0.25) is 4.79 Å². The standard InChI is InChI=1S/C19H23NO2/c1-14(12-19(2,3)4)15-7-9-16(10-8-15)18(21)20-13-17-6-5-11-22-17/h5-12H,13H2,1-4H3,(H,20,21). The monoisotopic (exact) mass is 297 g/mol. The van der Waals surface area contributed by atoms with Crippen LogP contribution in [0.4, 0.5) is 0 Å². The maximum absolute atomic E-state index is 12.1. The number of amides is 1. The number of rotatable bonds is 4. The Morgan fingerprint density at radius 1 is 1.14 bits per heavy atom. The Morgan fingerprint density at radius 2 is 1.77 bits per heavy atom. The zero-order valence-corrected chi connectivity index (χ0v) is 13.6. The molecule has 22 heavy (non-hydrogen) atoms. The third-order valence-corrected chi connectivity index (χ3v) is 3.26. The third-order valence-electron chi connectivity index (χ3n) is 3.26. The number of nitrogens with one attached hydrogen (secondary N) is 1. The van der Waals surface area contributed by atoms with Gasteiger partial charge in [0.15, 0.2) is 0 Å². The fourth-order valence-electron chi connectivity index (χ4n) is 2.30. The number of hydrogen-bond donors (Lipinski definition) is 1. The molecule has 3 nitrogen and oxygen atoms in total. The topological polar surface area (TPSA) is 42.2 Å². The van der Waals surface area contributed by atoms with Crippen LogP contribution in [0.5, 0.6) is 0 Å². The first-order chi connectivity index (χ1) is 10.3. The largest absolute Gasteiger partial charge is 0.467 e. The first kappa shape index (κ1) is 16.1. The lowest BCUT2D eigenvalue weighted by Crippen LogP contribution is -2.22. The Kier molecular flexibility index (Phi) is 4.86. The minimum Gasteiger partial charge on any atom is -0.467 e. The predicted octanol–water partition coefficient (Wildman–Crippen LogP) is 4.66. The van der Waals surface area contributed by atoms with Crippen molar-refractivity contribution in [2.75, 3.05) is 0 Å². The van der Waals surface area contributed by atoms with Crippen molar-refractivity contribution < 1.29 is 9.21 Å². The van der Waals surface area contributed by atoms with Crippen LogP contribution in [0.2, 0.25) is 0 Å². The van der Waals surface area contributed by atoms with Crippen LogP contribution >= 0.6 is 0 Å². The van der Waals surface area contributed by atoms with Crippen molar-refractivity contribution >= 4 is 11.5 Å². The molecule has 0 unspecified atom stereocenters. The summed E-state index contributed by atoms with van der Waals surface area (Å²) in [6, 6.07) is 11.3. The lowest BCUT2D eigenvalue weighted by Gasteiger charge is -2.14. The molecule has 1 aromatic carbocycles. The molecule has 116 valence electrons. The van der Waals surface area contributed by atoms with Crippen LogP contribution in [0.1, 0.15) is 49.4 Å². The van der Waals surface area contributed by atoms with E-state index in [-0.39, 0.29) is 11.3 Å². The van der Waals surface area contributed by atoms with Gasteiger partial charge in [0.25, 0.3) is 5.91 Å². The minimum atomic E-state index is -0.0968. The Hall–Kier alpha value is -2.29. The molecule has 0 saturated heterocycles. The molecule has 0 aliphatic heterocycles. The molecule has 0 radical (unpaired) electrons. The molecule has 0 spiro atoms. The molecule has 2 aromatic rings. The van der Waals surface area contributed by atoms with E-state index in [0.29, 0.717) is 12.1 Å². The second kappa shape index (κ2) is 6.65. The van der Waals surface area contributed by atoms with E-state index in [1.165, 1.54) is 5.57 Å². The normalized spacial score (nSPS) is 12.3. The molecular formula is C19H23NO2. The maximum atomic E-state index is 12.1. The quantitative estimate of drug-likeness (QED) is 0.892. The number of benzene rings is 1. The summed E-state index contributed by atoms with van der Waals surface area (Å²) in [4.78, 5) is 12.1. The molecule has 1 N–H and O–H groups in total. The highest BCUT2D eigenvalue weighted by Crippen LogP contribution is 2.23. The Bertz CT molecular complexity index is 644. The van der Waals surface area contributed by atoms with Gasteiger partial charge >= 0.3 is 0 Å². The molecule has 0 aliphatic rings. The summed E-state index contributed by atoms with van der Waals surface area (Å²) in [6.45, 7) is 9.01. The van der Waals surface area contributed by atoms with Gasteiger partial charge in [-0.1, -0.05) is 39.0 Å².